The van der Waals surface area contributed by atoms with Gasteiger partial charge in [-0.05, 0) is 6.07 Å². The van der Waals surface area contributed by atoms with Gasteiger partial charge in [-0.3, -0.25) is 9.88 Å². The van der Waals surface area contributed by atoms with E-state index in [1.807, 2.05) is 6.07 Å². The summed E-state index contributed by atoms with van der Waals surface area (Å²) in [4.78, 5) is 6.23. The number of aromatic nitrogens is 1. The van der Waals surface area contributed by atoms with E-state index in [-0.39, 0.29) is 5.75 Å². The minimum absolute atomic E-state index is 0.285. The number of aromatic hydroxyl groups is 1. The number of hydrogen-bond acceptors (Lipinski definition) is 5. The molecule has 2 rings (SSSR count). The molecule has 0 aliphatic carbocycles. The highest BCUT2D eigenvalue weighted by Crippen LogP contribution is 2.15. The monoisotopic (exact) mass is 236 g/mol. The van der Waals surface area contributed by atoms with Crippen LogP contribution in [0.25, 0.3) is 0 Å². The molecule has 5 heteroatoms. The Kier molecular flexibility index (Phi) is 4.73. The van der Waals surface area contributed by atoms with Gasteiger partial charge in [-0.2, -0.15) is 0 Å². The predicted molar refractivity (Wildman–Crippen MR) is 66.9 cm³/mol. The number of pyridine rings is 1. The van der Waals surface area contributed by atoms with Crippen LogP contribution < -0.4 is 10.6 Å². The highest BCUT2D eigenvalue weighted by Gasteiger charge is 2.09. The van der Waals surface area contributed by atoms with E-state index < -0.39 is 0 Å². The molecule has 0 amide bonds. The predicted octanol–water partition coefficient (Wildman–Crippen LogP) is -0.218. The summed E-state index contributed by atoms with van der Waals surface area (Å²) in [6, 6.07) is 1.88. The normalized spacial score (nSPS) is 19.3. The fourth-order valence-electron chi connectivity index (χ4n) is 1.96. The number of hydrogen-bond donors (Lipinski definition) is 3. The average molecular weight is 236 g/mol. The lowest BCUT2D eigenvalue weighted by Crippen LogP contribution is -2.33. The third-order valence-electron chi connectivity index (χ3n) is 2.97. The average Bonchev–Trinajstić information content (AvgIpc) is 2.46. The first-order valence-electron chi connectivity index (χ1n) is 6.12. The first-order valence-corrected chi connectivity index (χ1v) is 6.12. The Hall–Kier alpha value is -1.17. The summed E-state index contributed by atoms with van der Waals surface area (Å²) in [6.45, 7) is 6.81. The van der Waals surface area contributed by atoms with E-state index in [1.165, 1.54) is 6.20 Å². The lowest BCUT2D eigenvalue weighted by Gasteiger charge is -2.21. The van der Waals surface area contributed by atoms with Crippen molar-refractivity contribution in [3.05, 3.63) is 24.0 Å². The Balaban J connectivity index is 1.93. The molecular weight excluding hydrogens is 216 g/mol. The van der Waals surface area contributed by atoms with Crippen LogP contribution in [-0.4, -0.2) is 54.3 Å². The molecule has 3 N–H and O–H groups in total. The molecule has 2 heterocycles. The molecule has 0 radical (unpaired) electrons. The maximum atomic E-state index is 9.70. The number of nitrogens with zero attached hydrogens (tertiary/aromatic N) is 2. The standard InChI is InChI=1S/C12H20N4O/c17-12-9-15-2-1-11(12)10-16-7-5-13-3-4-14-6-8-16/h1-2,9,13-14,17H,3-8,10H2. The molecular formula is C12H20N4O. The molecule has 1 fully saturated rings. The lowest BCUT2D eigenvalue weighted by molar-refractivity contribution is 0.268. The third kappa shape index (κ3) is 3.96. The smallest absolute Gasteiger partial charge is 0.138 e. The van der Waals surface area contributed by atoms with Gasteiger partial charge in [0.2, 0.25) is 0 Å². The van der Waals surface area contributed by atoms with Gasteiger partial charge in [0.1, 0.15) is 5.75 Å². The molecule has 1 aromatic heterocycles. The summed E-state index contributed by atoms with van der Waals surface area (Å²) < 4.78 is 0. The van der Waals surface area contributed by atoms with E-state index in [9.17, 15) is 5.11 Å². The Morgan fingerprint density at radius 2 is 1.88 bits per heavy atom. The molecule has 1 aliphatic heterocycles. The van der Waals surface area contributed by atoms with Crippen molar-refractivity contribution in [2.75, 3.05) is 39.3 Å². The zero-order chi connectivity index (χ0) is 11.9. The highest BCUT2D eigenvalue weighted by molar-refractivity contribution is 5.27. The highest BCUT2D eigenvalue weighted by atomic mass is 16.3. The van der Waals surface area contributed by atoms with Crippen LogP contribution in [0, 0.1) is 0 Å². The van der Waals surface area contributed by atoms with Crippen molar-refractivity contribution in [1.82, 2.24) is 20.5 Å². The van der Waals surface area contributed by atoms with Crippen LogP contribution in [-0.2, 0) is 6.54 Å². The Morgan fingerprint density at radius 1 is 1.18 bits per heavy atom. The summed E-state index contributed by atoms with van der Waals surface area (Å²) in [7, 11) is 0. The van der Waals surface area contributed by atoms with Gasteiger partial charge in [0.15, 0.2) is 0 Å². The van der Waals surface area contributed by atoms with Crippen LogP contribution in [0.2, 0.25) is 0 Å². The molecule has 0 unspecified atom stereocenters. The largest absolute Gasteiger partial charge is 0.506 e. The van der Waals surface area contributed by atoms with Crippen LogP contribution in [0.4, 0.5) is 0 Å². The molecule has 1 aliphatic rings. The van der Waals surface area contributed by atoms with E-state index in [0.29, 0.717) is 0 Å². The molecule has 1 saturated heterocycles. The Bertz CT molecular complexity index is 335. The van der Waals surface area contributed by atoms with Gasteiger partial charge in [-0.25, -0.2) is 0 Å². The molecule has 94 valence electrons. The van der Waals surface area contributed by atoms with Gasteiger partial charge in [0, 0.05) is 57.6 Å². The lowest BCUT2D eigenvalue weighted by atomic mass is 10.2. The first-order chi connectivity index (χ1) is 8.36. The summed E-state index contributed by atoms with van der Waals surface area (Å²) in [5.41, 5.74) is 0.944. The van der Waals surface area contributed by atoms with Crippen LogP contribution in [0.1, 0.15) is 5.56 Å². The van der Waals surface area contributed by atoms with E-state index >= 15 is 0 Å². The molecule has 5 nitrogen and oxygen atoms in total. The van der Waals surface area contributed by atoms with Gasteiger partial charge in [0.25, 0.3) is 0 Å². The van der Waals surface area contributed by atoms with Crippen molar-refractivity contribution < 1.29 is 5.11 Å². The zero-order valence-electron chi connectivity index (χ0n) is 10.0. The fourth-order valence-corrected chi connectivity index (χ4v) is 1.96. The second-order valence-electron chi connectivity index (χ2n) is 4.28. The summed E-state index contributed by atoms with van der Waals surface area (Å²) >= 11 is 0. The van der Waals surface area contributed by atoms with Crippen molar-refractivity contribution >= 4 is 0 Å². The zero-order valence-corrected chi connectivity index (χ0v) is 10.0. The van der Waals surface area contributed by atoms with E-state index in [4.69, 9.17) is 0 Å². The quantitative estimate of drug-likeness (QED) is 0.663. The van der Waals surface area contributed by atoms with E-state index in [2.05, 4.69) is 20.5 Å². The Labute approximate surface area is 102 Å². The van der Waals surface area contributed by atoms with Crippen LogP contribution in [0.3, 0.4) is 0 Å². The minimum Gasteiger partial charge on any atom is -0.506 e. The molecule has 0 spiro atoms. The molecule has 0 saturated carbocycles. The van der Waals surface area contributed by atoms with Crippen molar-refractivity contribution in [1.29, 1.82) is 0 Å². The molecule has 0 aromatic carbocycles. The van der Waals surface area contributed by atoms with Gasteiger partial charge in [-0.1, -0.05) is 0 Å². The van der Waals surface area contributed by atoms with Crippen molar-refractivity contribution in [3.63, 3.8) is 0 Å². The van der Waals surface area contributed by atoms with Crippen molar-refractivity contribution in [2.24, 2.45) is 0 Å². The Morgan fingerprint density at radius 3 is 2.53 bits per heavy atom. The summed E-state index contributed by atoms with van der Waals surface area (Å²) in [6.07, 6.45) is 3.23. The van der Waals surface area contributed by atoms with Crippen molar-refractivity contribution in [2.45, 2.75) is 6.54 Å². The second kappa shape index (κ2) is 6.54. The van der Waals surface area contributed by atoms with Gasteiger partial charge < -0.3 is 15.7 Å². The molecule has 17 heavy (non-hydrogen) atoms. The van der Waals surface area contributed by atoms with Gasteiger partial charge >= 0.3 is 0 Å². The van der Waals surface area contributed by atoms with E-state index in [0.717, 1.165) is 51.4 Å². The summed E-state index contributed by atoms with van der Waals surface area (Å²) in [5, 5.41) is 16.5. The van der Waals surface area contributed by atoms with Crippen molar-refractivity contribution in [3.8, 4) is 5.75 Å². The van der Waals surface area contributed by atoms with Crippen LogP contribution >= 0.6 is 0 Å². The summed E-state index contributed by atoms with van der Waals surface area (Å²) in [5.74, 6) is 0.285. The van der Waals surface area contributed by atoms with Gasteiger partial charge in [0.05, 0.1) is 6.20 Å². The number of nitrogens with one attached hydrogen (secondary N) is 2. The first kappa shape index (κ1) is 12.3. The fraction of sp³-hybridized carbons (Fsp3) is 0.583. The molecule has 0 bridgehead atoms. The third-order valence-corrected chi connectivity index (χ3v) is 2.97. The SMILES string of the molecule is Oc1cnccc1CN1CCNCCNCC1. The maximum Gasteiger partial charge on any atom is 0.138 e. The van der Waals surface area contributed by atoms with Crippen LogP contribution in [0.15, 0.2) is 18.5 Å². The van der Waals surface area contributed by atoms with Gasteiger partial charge in [-0.15, -0.1) is 0 Å². The maximum absolute atomic E-state index is 9.70. The minimum atomic E-state index is 0.285. The van der Waals surface area contributed by atoms with E-state index in [1.54, 1.807) is 6.20 Å². The molecule has 0 atom stereocenters. The molecule has 1 aromatic rings. The number of rotatable bonds is 2. The topological polar surface area (TPSA) is 60.4 Å². The van der Waals surface area contributed by atoms with Crippen LogP contribution in [0.5, 0.6) is 5.75 Å². The second-order valence-corrected chi connectivity index (χ2v) is 4.28.